The van der Waals surface area contributed by atoms with Gasteiger partial charge in [-0.2, -0.15) is 0 Å². The topological polar surface area (TPSA) is 134 Å². The molecule has 0 saturated carbocycles. The van der Waals surface area contributed by atoms with Crippen molar-refractivity contribution in [1.82, 2.24) is 0 Å². The lowest BCUT2D eigenvalue weighted by Gasteiger charge is -2.29. The van der Waals surface area contributed by atoms with E-state index >= 15 is 0 Å². The number of carbonyl (C=O) groups excluding carboxylic acids is 3. The maximum atomic E-state index is 13.1. The van der Waals surface area contributed by atoms with Crippen LogP contribution in [0.2, 0.25) is 0 Å². The van der Waals surface area contributed by atoms with Crippen LogP contribution in [0.4, 0.5) is 0 Å². The van der Waals surface area contributed by atoms with Gasteiger partial charge in [-0.1, -0.05) is 33.4 Å². The number of epoxide rings is 1. The zero-order valence-corrected chi connectivity index (χ0v) is 17.8. The fraction of sp³-hybridized carbons (Fsp3) is 0.773. The van der Waals surface area contributed by atoms with Crippen molar-refractivity contribution >= 4 is 17.5 Å². The van der Waals surface area contributed by atoms with E-state index in [0.29, 0.717) is 0 Å². The highest BCUT2D eigenvalue weighted by molar-refractivity contribution is 5.86. The molecule has 1 fully saturated rings. The summed E-state index contributed by atoms with van der Waals surface area (Å²) in [6.45, 7) is 7.15. The lowest BCUT2D eigenvalue weighted by Crippen LogP contribution is -2.48. The molecule has 0 bridgehead atoms. The summed E-state index contributed by atoms with van der Waals surface area (Å²) in [5.41, 5.74) is -1.04. The molecule has 1 aliphatic heterocycles. The molecule has 0 unspecified atom stereocenters. The second kappa shape index (κ2) is 12.3. The quantitative estimate of drug-likeness (QED) is 0.227. The van der Waals surface area contributed by atoms with Gasteiger partial charge in [-0.3, -0.25) is 14.4 Å². The van der Waals surface area contributed by atoms with Gasteiger partial charge in [0.2, 0.25) is 0 Å². The molecule has 0 aliphatic carbocycles. The van der Waals surface area contributed by atoms with Crippen LogP contribution in [-0.4, -0.2) is 70.0 Å². The van der Waals surface area contributed by atoms with E-state index < -0.39 is 54.6 Å². The fourth-order valence-corrected chi connectivity index (χ4v) is 3.64. The van der Waals surface area contributed by atoms with Crippen LogP contribution in [0.3, 0.4) is 0 Å². The SMILES string of the molecule is C.C/C=C\[C@H](C)[C@H]1O[C@]1(C)[C@@H](O)[C@@H](COC(C)=O)C(=O)[C@H](CO)[C@@H](O)CC(=O)CC. The van der Waals surface area contributed by atoms with Crippen molar-refractivity contribution in [2.24, 2.45) is 17.8 Å². The first-order valence-corrected chi connectivity index (χ1v) is 9.99. The number of aliphatic hydroxyl groups excluding tert-OH is 3. The maximum Gasteiger partial charge on any atom is 0.302 e. The number of esters is 1. The molecule has 0 amide bonds. The van der Waals surface area contributed by atoms with E-state index in [4.69, 9.17) is 9.47 Å². The Morgan fingerprint density at radius 3 is 2.30 bits per heavy atom. The van der Waals surface area contributed by atoms with Crippen molar-refractivity contribution in [2.75, 3.05) is 13.2 Å². The Morgan fingerprint density at radius 1 is 1.23 bits per heavy atom. The molecule has 0 aromatic carbocycles. The van der Waals surface area contributed by atoms with E-state index in [1.165, 1.54) is 6.92 Å². The van der Waals surface area contributed by atoms with Gasteiger partial charge in [0.15, 0.2) is 0 Å². The van der Waals surface area contributed by atoms with Crippen molar-refractivity contribution < 1.29 is 39.2 Å². The summed E-state index contributed by atoms with van der Waals surface area (Å²) in [7, 11) is 0. The van der Waals surface area contributed by atoms with Crippen LogP contribution < -0.4 is 0 Å². The monoisotopic (exact) mass is 430 g/mol. The Kier molecular flexibility index (Phi) is 11.6. The molecule has 1 saturated heterocycles. The molecule has 0 aromatic heterocycles. The number of aliphatic hydroxyl groups is 3. The van der Waals surface area contributed by atoms with Gasteiger partial charge >= 0.3 is 5.97 Å². The summed E-state index contributed by atoms with van der Waals surface area (Å²) in [6.07, 6.45) is 0.650. The third-order valence-corrected chi connectivity index (χ3v) is 5.52. The Hall–Kier alpha value is -1.61. The highest BCUT2D eigenvalue weighted by Crippen LogP contribution is 2.46. The summed E-state index contributed by atoms with van der Waals surface area (Å²) in [5, 5.41) is 30.9. The van der Waals surface area contributed by atoms with Crippen molar-refractivity contribution in [3.63, 3.8) is 0 Å². The maximum absolute atomic E-state index is 13.1. The summed E-state index contributed by atoms with van der Waals surface area (Å²) in [5.74, 6) is -4.06. The lowest BCUT2D eigenvalue weighted by molar-refractivity contribution is -0.150. The third-order valence-electron chi connectivity index (χ3n) is 5.52. The molecule has 0 radical (unpaired) electrons. The van der Waals surface area contributed by atoms with Crippen LogP contribution in [0.25, 0.3) is 0 Å². The van der Waals surface area contributed by atoms with Gasteiger partial charge in [-0.25, -0.2) is 0 Å². The second-order valence-corrected chi connectivity index (χ2v) is 7.82. The van der Waals surface area contributed by atoms with Crippen LogP contribution in [0.1, 0.15) is 54.9 Å². The molecule has 0 spiro atoms. The van der Waals surface area contributed by atoms with Gasteiger partial charge in [0.1, 0.15) is 23.8 Å². The van der Waals surface area contributed by atoms with E-state index in [1.807, 2.05) is 26.0 Å². The molecule has 1 heterocycles. The smallest absolute Gasteiger partial charge is 0.302 e. The fourth-order valence-electron chi connectivity index (χ4n) is 3.64. The van der Waals surface area contributed by atoms with Crippen LogP contribution in [0.5, 0.6) is 0 Å². The van der Waals surface area contributed by atoms with Gasteiger partial charge in [-0.15, -0.1) is 0 Å². The zero-order valence-electron chi connectivity index (χ0n) is 17.8. The molecule has 1 aliphatic rings. The van der Waals surface area contributed by atoms with Gasteiger partial charge in [-0.05, 0) is 13.8 Å². The molecule has 8 heteroatoms. The molecular formula is C22H38O8. The number of allylic oxidation sites excluding steroid dienone is 1. The predicted octanol–water partition coefficient (Wildman–Crippen LogP) is 1.44. The predicted molar refractivity (Wildman–Crippen MR) is 112 cm³/mol. The van der Waals surface area contributed by atoms with Crippen LogP contribution >= 0.6 is 0 Å². The Labute approximate surface area is 179 Å². The number of ketones is 2. The zero-order chi connectivity index (χ0) is 22.4. The Morgan fingerprint density at radius 2 is 1.83 bits per heavy atom. The summed E-state index contributed by atoms with van der Waals surface area (Å²) in [4.78, 5) is 36.0. The highest BCUT2D eigenvalue weighted by Gasteiger charge is 2.62. The molecule has 8 nitrogen and oxygen atoms in total. The summed E-state index contributed by atoms with van der Waals surface area (Å²) < 4.78 is 10.7. The van der Waals surface area contributed by atoms with Crippen LogP contribution in [0, 0.1) is 17.8 Å². The van der Waals surface area contributed by atoms with Crippen molar-refractivity contribution in [3.05, 3.63) is 12.2 Å². The number of ether oxygens (including phenoxy) is 2. The van der Waals surface area contributed by atoms with Crippen LogP contribution in [-0.2, 0) is 23.9 Å². The molecule has 30 heavy (non-hydrogen) atoms. The summed E-state index contributed by atoms with van der Waals surface area (Å²) >= 11 is 0. The average molecular weight is 431 g/mol. The van der Waals surface area contributed by atoms with Gasteiger partial charge < -0.3 is 24.8 Å². The number of hydrogen-bond acceptors (Lipinski definition) is 8. The minimum absolute atomic E-state index is 0. The van der Waals surface area contributed by atoms with E-state index in [1.54, 1.807) is 13.8 Å². The number of Topliss-reactive ketones (excluding diaryl/α,β-unsaturated/α-hetero) is 2. The first-order chi connectivity index (χ1) is 13.5. The molecule has 0 aromatic rings. The van der Waals surface area contributed by atoms with E-state index in [0.717, 1.165) is 0 Å². The van der Waals surface area contributed by atoms with E-state index in [-0.39, 0.29) is 38.1 Å². The number of rotatable bonds is 13. The van der Waals surface area contributed by atoms with E-state index in [9.17, 15) is 29.7 Å². The average Bonchev–Trinajstić information content (AvgIpc) is 3.35. The van der Waals surface area contributed by atoms with Gasteiger partial charge in [0, 0.05) is 25.7 Å². The molecule has 7 atom stereocenters. The standard InChI is InChI=1S/C21H34O8.CH4/c1-6-8-12(3)20-21(5,29-20)19(27)16(11-28-13(4)23)18(26)15(10-22)17(25)9-14(24)7-2;/h6,8,12,15-17,19-20,22,25,27H,7,9-11H2,1-5H3;1H4/b8-6-;/t12-,15+,16-,17-,19-,20+,21+;/m0./s1. The van der Waals surface area contributed by atoms with Crippen LogP contribution in [0.15, 0.2) is 12.2 Å². The van der Waals surface area contributed by atoms with Crippen molar-refractivity contribution in [2.45, 2.75) is 78.8 Å². The molecule has 174 valence electrons. The minimum atomic E-state index is -1.39. The minimum Gasteiger partial charge on any atom is -0.465 e. The second-order valence-electron chi connectivity index (χ2n) is 7.82. The molecular weight excluding hydrogens is 392 g/mol. The van der Waals surface area contributed by atoms with Gasteiger partial charge in [0.25, 0.3) is 0 Å². The van der Waals surface area contributed by atoms with E-state index in [2.05, 4.69) is 0 Å². The lowest BCUT2D eigenvalue weighted by atomic mass is 9.79. The Bertz CT molecular complexity index is 616. The number of hydrogen-bond donors (Lipinski definition) is 3. The summed E-state index contributed by atoms with van der Waals surface area (Å²) in [6, 6.07) is 0. The number of carbonyl (C=O) groups is 3. The first-order valence-electron chi connectivity index (χ1n) is 9.99. The molecule has 3 N–H and O–H groups in total. The van der Waals surface area contributed by atoms with Crippen molar-refractivity contribution in [1.29, 1.82) is 0 Å². The highest BCUT2D eigenvalue weighted by atomic mass is 16.6. The van der Waals surface area contributed by atoms with Gasteiger partial charge in [0.05, 0.1) is 36.8 Å². The largest absolute Gasteiger partial charge is 0.465 e. The molecule has 1 rings (SSSR count). The normalized spacial score (nSPS) is 25.5. The van der Waals surface area contributed by atoms with Crippen molar-refractivity contribution in [3.8, 4) is 0 Å². The first kappa shape index (κ1) is 28.4. The third kappa shape index (κ3) is 6.97. The Balaban J connectivity index is 0.00000841.